The summed E-state index contributed by atoms with van der Waals surface area (Å²) in [7, 11) is 0. The molecule has 0 bridgehead atoms. The minimum Gasteiger partial charge on any atom is -0.396 e. The maximum Gasteiger partial charge on any atom is 0.0794 e. The van der Waals surface area contributed by atoms with E-state index in [1.807, 2.05) is 11.7 Å². The highest BCUT2D eigenvalue weighted by molar-refractivity contribution is 7.09. The molecule has 0 aliphatic heterocycles. The van der Waals surface area contributed by atoms with Gasteiger partial charge in [-0.25, -0.2) is 0 Å². The molecule has 0 spiro atoms. The van der Waals surface area contributed by atoms with E-state index in [1.54, 1.807) is 11.3 Å². The van der Waals surface area contributed by atoms with E-state index >= 15 is 0 Å². The van der Waals surface area contributed by atoms with E-state index in [0.29, 0.717) is 5.92 Å². The van der Waals surface area contributed by atoms with Crippen LogP contribution in [-0.4, -0.2) is 16.7 Å². The van der Waals surface area contributed by atoms with Crippen molar-refractivity contribution in [2.45, 2.75) is 27.2 Å². The third-order valence-corrected chi connectivity index (χ3v) is 3.18. The van der Waals surface area contributed by atoms with E-state index in [0.717, 1.165) is 6.42 Å². The molecule has 1 rings (SSSR count). The van der Waals surface area contributed by atoms with Gasteiger partial charge in [0.05, 0.1) is 5.51 Å². The van der Waals surface area contributed by atoms with Gasteiger partial charge < -0.3 is 5.11 Å². The summed E-state index contributed by atoms with van der Waals surface area (Å²) in [6.45, 7) is 6.74. The highest BCUT2D eigenvalue weighted by Gasteiger charge is 2.24. The topological polar surface area (TPSA) is 33.1 Å². The Bertz CT molecular complexity index is 238. The van der Waals surface area contributed by atoms with Gasteiger partial charge in [0, 0.05) is 17.7 Å². The predicted molar refractivity (Wildman–Crippen MR) is 55.8 cm³/mol. The Morgan fingerprint density at radius 2 is 2.23 bits per heavy atom. The third kappa shape index (κ3) is 3.08. The summed E-state index contributed by atoms with van der Waals surface area (Å²) >= 11 is 1.66. The molecule has 1 unspecified atom stereocenters. The summed E-state index contributed by atoms with van der Waals surface area (Å²) in [5.74, 6) is 0.327. The number of nitrogens with zero attached hydrogens (tertiary/aromatic N) is 1. The number of aromatic nitrogens is 1. The van der Waals surface area contributed by atoms with E-state index in [9.17, 15) is 5.11 Å². The number of aliphatic hydroxyl groups excluding tert-OH is 1. The zero-order chi connectivity index (χ0) is 9.90. The fraction of sp³-hybridized carbons (Fsp3) is 0.700. The molecule has 0 amide bonds. The highest BCUT2D eigenvalue weighted by atomic mass is 32.1. The summed E-state index contributed by atoms with van der Waals surface area (Å²) < 4.78 is 0. The number of rotatable bonds is 3. The van der Waals surface area contributed by atoms with Crippen molar-refractivity contribution >= 4 is 11.3 Å². The molecule has 1 atom stereocenters. The molecule has 0 saturated carbocycles. The summed E-state index contributed by atoms with van der Waals surface area (Å²) in [4.78, 5) is 5.29. The van der Waals surface area contributed by atoms with Crippen LogP contribution < -0.4 is 0 Å². The monoisotopic (exact) mass is 199 g/mol. The van der Waals surface area contributed by atoms with Gasteiger partial charge in [-0.1, -0.05) is 20.8 Å². The van der Waals surface area contributed by atoms with Gasteiger partial charge in [-0.2, -0.15) is 0 Å². The molecule has 0 saturated heterocycles. The highest BCUT2D eigenvalue weighted by Crippen LogP contribution is 2.29. The normalized spacial score (nSPS) is 14.5. The van der Waals surface area contributed by atoms with Gasteiger partial charge in [-0.15, -0.1) is 11.3 Å². The summed E-state index contributed by atoms with van der Waals surface area (Å²) in [6, 6.07) is 0. The van der Waals surface area contributed by atoms with E-state index in [-0.39, 0.29) is 12.0 Å². The van der Waals surface area contributed by atoms with E-state index in [4.69, 9.17) is 0 Å². The van der Waals surface area contributed by atoms with Crippen molar-refractivity contribution in [1.82, 2.24) is 4.98 Å². The maximum atomic E-state index is 9.24. The molecular weight excluding hydrogens is 182 g/mol. The first-order valence-corrected chi connectivity index (χ1v) is 5.40. The lowest BCUT2D eigenvalue weighted by molar-refractivity contribution is 0.131. The van der Waals surface area contributed by atoms with Crippen LogP contribution in [0.4, 0.5) is 0 Å². The lowest BCUT2D eigenvalue weighted by Crippen LogP contribution is -2.25. The summed E-state index contributed by atoms with van der Waals surface area (Å²) in [6.07, 6.45) is 2.82. The van der Waals surface area contributed by atoms with Crippen LogP contribution in [0.3, 0.4) is 0 Å². The van der Waals surface area contributed by atoms with Gasteiger partial charge in [-0.3, -0.25) is 4.98 Å². The van der Waals surface area contributed by atoms with Crippen LogP contribution >= 0.6 is 11.3 Å². The lowest BCUT2D eigenvalue weighted by Gasteiger charge is -2.28. The molecule has 0 aliphatic carbocycles. The van der Waals surface area contributed by atoms with Crippen LogP contribution in [0.25, 0.3) is 0 Å². The number of hydrogen-bond donors (Lipinski definition) is 1. The second kappa shape index (κ2) is 4.20. The van der Waals surface area contributed by atoms with Gasteiger partial charge in [0.1, 0.15) is 0 Å². The number of thiazole rings is 1. The first-order valence-electron chi connectivity index (χ1n) is 4.52. The zero-order valence-corrected chi connectivity index (χ0v) is 9.27. The number of hydrogen-bond acceptors (Lipinski definition) is 3. The standard InChI is InChI=1S/C10H17NOS/c1-10(2,3)8(6-12)4-9-5-11-7-13-9/h5,7-8,12H,4,6H2,1-3H3. The molecule has 0 radical (unpaired) electrons. The molecule has 1 N–H and O–H groups in total. The fourth-order valence-electron chi connectivity index (χ4n) is 1.23. The Morgan fingerprint density at radius 1 is 1.54 bits per heavy atom. The Kier molecular flexibility index (Phi) is 3.45. The largest absolute Gasteiger partial charge is 0.396 e. The van der Waals surface area contributed by atoms with Crippen LogP contribution in [0.1, 0.15) is 25.6 Å². The Balaban J connectivity index is 2.60. The van der Waals surface area contributed by atoms with E-state index in [1.165, 1.54) is 4.88 Å². The fourth-order valence-corrected chi connectivity index (χ4v) is 1.91. The van der Waals surface area contributed by atoms with Crippen molar-refractivity contribution in [1.29, 1.82) is 0 Å². The van der Waals surface area contributed by atoms with Gasteiger partial charge in [-0.05, 0) is 17.8 Å². The molecule has 0 aromatic carbocycles. The molecule has 1 heterocycles. The minimum absolute atomic E-state index is 0.165. The van der Waals surface area contributed by atoms with Crippen molar-refractivity contribution in [3.05, 3.63) is 16.6 Å². The first kappa shape index (κ1) is 10.7. The first-order chi connectivity index (χ1) is 6.04. The average Bonchev–Trinajstić information content (AvgIpc) is 2.49. The van der Waals surface area contributed by atoms with Crippen molar-refractivity contribution < 1.29 is 5.11 Å². The molecule has 74 valence electrons. The zero-order valence-electron chi connectivity index (χ0n) is 8.45. The third-order valence-electron chi connectivity index (χ3n) is 2.38. The van der Waals surface area contributed by atoms with Crippen LogP contribution in [0.5, 0.6) is 0 Å². The second-order valence-corrected chi connectivity index (χ2v) is 5.39. The van der Waals surface area contributed by atoms with Crippen molar-refractivity contribution in [2.75, 3.05) is 6.61 Å². The Labute approximate surface area is 83.6 Å². The molecular formula is C10H17NOS. The average molecular weight is 199 g/mol. The minimum atomic E-state index is 0.165. The van der Waals surface area contributed by atoms with Gasteiger partial charge in [0.2, 0.25) is 0 Å². The number of aliphatic hydroxyl groups is 1. The molecule has 0 aliphatic rings. The van der Waals surface area contributed by atoms with Crippen LogP contribution in [0.15, 0.2) is 11.7 Å². The molecule has 1 aromatic rings. The van der Waals surface area contributed by atoms with Crippen LogP contribution in [0.2, 0.25) is 0 Å². The van der Waals surface area contributed by atoms with Crippen LogP contribution in [-0.2, 0) is 6.42 Å². The van der Waals surface area contributed by atoms with E-state index < -0.39 is 0 Å². The molecule has 0 fully saturated rings. The summed E-state index contributed by atoms with van der Waals surface area (Å²) in [5, 5.41) is 9.24. The quantitative estimate of drug-likeness (QED) is 0.810. The van der Waals surface area contributed by atoms with Gasteiger partial charge in [0.15, 0.2) is 0 Å². The SMILES string of the molecule is CC(C)(C)C(CO)Cc1cncs1. The van der Waals surface area contributed by atoms with Gasteiger partial charge in [0.25, 0.3) is 0 Å². The molecule has 2 nitrogen and oxygen atoms in total. The lowest BCUT2D eigenvalue weighted by atomic mass is 9.79. The Morgan fingerprint density at radius 3 is 2.62 bits per heavy atom. The van der Waals surface area contributed by atoms with Crippen molar-refractivity contribution in [2.24, 2.45) is 11.3 Å². The summed E-state index contributed by atoms with van der Waals surface area (Å²) in [5.41, 5.74) is 2.01. The molecule has 13 heavy (non-hydrogen) atoms. The molecule has 1 aromatic heterocycles. The van der Waals surface area contributed by atoms with Crippen molar-refractivity contribution in [3.8, 4) is 0 Å². The second-order valence-electron chi connectivity index (χ2n) is 4.42. The van der Waals surface area contributed by atoms with Crippen molar-refractivity contribution in [3.63, 3.8) is 0 Å². The Hall–Kier alpha value is -0.410. The van der Waals surface area contributed by atoms with E-state index in [2.05, 4.69) is 25.8 Å². The molecule has 3 heteroatoms. The smallest absolute Gasteiger partial charge is 0.0794 e. The predicted octanol–water partition coefficient (Wildman–Crippen LogP) is 2.34. The van der Waals surface area contributed by atoms with Gasteiger partial charge >= 0.3 is 0 Å². The maximum absolute atomic E-state index is 9.24. The van der Waals surface area contributed by atoms with Crippen LogP contribution in [0, 0.1) is 11.3 Å².